The van der Waals surface area contributed by atoms with Gasteiger partial charge >= 0.3 is 0 Å². The summed E-state index contributed by atoms with van der Waals surface area (Å²) in [6.45, 7) is 5.31. The molecule has 0 spiro atoms. The third-order valence-electron chi connectivity index (χ3n) is 2.98. The van der Waals surface area contributed by atoms with E-state index in [1.54, 1.807) is 11.3 Å². The van der Waals surface area contributed by atoms with E-state index in [4.69, 9.17) is 9.47 Å². The molecule has 5 nitrogen and oxygen atoms in total. The Balaban J connectivity index is 1.65. The van der Waals surface area contributed by atoms with E-state index in [1.807, 2.05) is 12.1 Å². The summed E-state index contributed by atoms with van der Waals surface area (Å²) < 4.78 is 11.7. The molecule has 0 fully saturated rings. The van der Waals surface area contributed by atoms with Crippen molar-refractivity contribution >= 4 is 32.4 Å². The van der Waals surface area contributed by atoms with Crippen LogP contribution in [0, 0.1) is 5.92 Å². The number of halogens is 1. The summed E-state index contributed by atoms with van der Waals surface area (Å²) in [5.41, 5.74) is 1.10. The first kappa shape index (κ1) is 14.6. The molecule has 1 aromatic heterocycles. The molecule has 0 bridgehead atoms. The molecular weight excluding hydrogens is 354 g/mol. The molecular formula is C14H16BrN3O2S. The molecule has 0 atom stereocenters. The minimum absolute atomic E-state index is 0.278. The Bertz CT molecular complexity index is 645. The van der Waals surface area contributed by atoms with Crippen LogP contribution in [0.5, 0.6) is 11.5 Å². The Morgan fingerprint density at radius 2 is 2.19 bits per heavy atom. The molecule has 1 N–H and O–H groups in total. The van der Waals surface area contributed by atoms with E-state index >= 15 is 0 Å². The standard InChI is InChI=1S/C14H16BrN3O2S/c1-8(2)3-12-17-18-14(21-12)16-6-9-4-10(15)13-11(5-9)19-7-20-13/h4-5,8H,3,6-7H2,1-2H3,(H,16,18). The van der Waals surface area contributed by atoms with Crippen LogP contribution in [0.1, 0.15) is 24.4 Å². The van der Waals surface area contributed by atoms with Gasteiger partial charge < -0.3 is 14.8 Å². The molecule has 7 heteroatoms. The first-order chi connectivity index (χ1) is 10.1. The smallest absolute Gasteiger partial charge is 0.231 e. The lowest BCUT2D eigenvalue weighted by Crippen LogP contribution is -1.99. The van der Waals surface area contributed by atoms with E-state index < -0.39 is 0 Å². The highest BCUT2D eigenvalue weighted by Gasteiger charge is 2.18. The van der Waals surface area contributed by atoms with Crippen LogP contribution in [-0.2, 0) is 13.0 Å². The quantitative estimate of drug-likeness (QED) is 0.867. The molecule has 0 saturated heterocycles. The van der Waals surface area contributed by atoms with Crippen molar-refractivity contribution in [1.82, 2.24) is 10.2 Å². The van der Waals surface area contributed by atoms with E-state index in [2.05, 4.69) is 45.3 Å². The second kappa shape index (κ2) is 6.19. The molecule has 0 saturated carbocycles. The van der Waals surface area contributed by atoms with Gasteiger partial charge in [0.25, 0.3) is 0 Å². The third-order valence-corrected chi connectivity index (χ3v) is 4.47. The maximum absolute atomic E-state index is 5.41. The zero-order valence-electron chi connectivity index (χ0n) is 11.9. The number of benzene rings is 1. The fraction of sp³-hybridized carbons (Fsp3) is 0.429. The third kappa shape index (κ3) is 3.47. The molecule has 1 aliphatic heterocycles. The van der Waals surface area contributed by atoms with E-state index in [0.29, 0.717) is 12.5 Å². The van der Waals surface area contributed by atoms with Gasteiger partial charge in [0.2, 0.25) is 11.9 Å². The zero-order valence-corrected chi connectivity index (χ0v) is 14.3. The Labute approximate surface area is 135 Å². The normalized spacial score (nSPS) is 13.0. The van der Waals surface area contributed by atoms with E-state index in [0.717, 1.165) is 38.1 Å². The van der Waals surface area contributed by atoms with Crippen molar-refractivity contribution in [2.75, 3.05) is 12.1 Å². The largest absolute Gasteiger partial charge is 0.454 e. The van der Waals surface area contributed by atoms with E-state index in [-0.39, 0.29) is 6.79 Å². The van der Waals surface area contributed by atoms with Crippen molar-refractivity contribution in [1.29, 1.82) is 0 Å². The molecule has 0 amide bonds. The lowest BCUT2D eigenvalue weighted by atomic mass is 10.1. The second-order valence-electron chi connectivity index (χ2n) is 5.26. The molecule has 1 aromatic carbocycles. The van der Waals surface area contributed by atoms with Gasteiger partial charge in [-0.2, -0.15) is 0 Å². The highest BCUT2D eigenvalue weighted by atomic mass is 79.9. The van der Waals surface area contributed by atoms with Crippen LogP contribution in [0.15, 0.2) is 16.6 Å². The number of fused-ring (bicyclic) bond motifs is 1. The summed E-state index contributed by atoms with van der Waals surface area (Å²) in [5, 5.41) is 13.6. The van der Waals surface area contributed by atoms with Crippen LogP contribution in [0.3, 0.4) is 0 Å². The Morgan fingerprint density at radius 3 is 3.00 bits per heavy atom. The zero-order chi connectivity index (χ0) is 14.8. The lowest BCUT2D eigenvalue weighted by molar-refractivity contribution is 0.173. The predicted octanol–water partition coefficient (Wildman–Crippen LogP) is 3.84. The van der Waals surface area contributed by atoms with Gasteiger partial charge in [-0.3, -0.25) is 0 Å². The van der Waals surface area contributed by atoms with Crippen LogP contribution < -0.4 is 14.8 Å². The molecule has 112 valence electrons. The van der Waals surface area contributed by atoms with Crippen molar-refractivity contribution in [3.63, 3.8) is 0 Å². The van der Waals surface area contributed by atoms with Crippen molar-refractivity contribution in [2.24, 2.45) is 5.92 Å². The lowest BCUT2D eigenvalue weighted by Gasteiger charge is -2.05. The molecule has 0 radical (unpaired) electrons. The van der Waals surface area contributed by atoms with Gasteiger partial charge in [0.05, 0.1) is 4.47 Å². The summed E-state index contributed by atoms with van der Waals surface area (Å²) in [4.78, 5) is 0. The van der Waals surface area contributed by atoms with Crippen LogP contribution >= 0.6 is 27.3 Å². The van der Waals surface area contributed by atoms with Crippen LogP contribution in [-0.4, -0.2) is 17.0 Å². The predicted molar refractivity (Wildman–Crippen MR) is 86.0 cm³/mol. The van der Waals surface area contributed by atoms with E-state index in [1.165, 1.54) is 0 Å². The summed E-state index contributed by atoms with van der Waals surface area (Å²) in [6, 6.07) is 4.01. The Hall–Kier alpha value is -1.34. The van der Waals surface area contributed by atoms with Crippen molar-refractivity contribution in [2.45, 2.75) is 26.8 Å². The van der Waals surface area contributed by atoms with E-state index in [9.17, 15) is 0 Å². The number of hydrogen-bond donors (Lipinski definition) is 1. The number of hydrogen-bond acceptors (Lipinski definition) is 6. The van der Waals surface area contributed by atoms with Crippen molar-refractivity contribution < 1.29 is 9.47 Å². The second-order valence-corrected chi connectivity index (χ2v) is 7.18. The van der Waals surface area contributed by atoms with Crippen LogP contribution in [0.4, 0.5) is 5.13 Å². The number of aromatic nitrogens is 2. The molecule has 2 aromatic rings. The number of rotatable bonds is 5. The summed E-state index contributed by atoms with van der Waals surface area (Å²) in [7, 11) is 0. The summed E-state index contributed by atoms with van der Waals surface area (Å²) >= 11 is 5.11. The Kier molecular flexibility index (Phi) is 4.30. The minimum atomic E-state index is 0.278. The van der Waals surface area contributed by atoms with Gasteiger partial charge in [-0.1, -0.05) is 25.2 Å². The Morgan fingerprint density at radius 1 is 1.33 bits per heavy atom. The topological polar surface area (TPSA) is 56.3 Å². The first-order valence-electron chi connectivity index (χ1n) is 6.76. The van der Waals surface area contributed by atoms with Gasteiger partial charge in [0.1, 0.15) is 5.01 Å². The molecule has 0 unspecified atom stereocenters. The molecule has 2 heterocycles. The summed E-state index contributed by atoms with van der Waals surface area (Å²) in [5.74, 6) is 2.14. The van der Waals surface area contributed by atoms with Gasteiger partial charge in [0, 0.05) is 13.0 Å². The van der Waals surface area contributed by atoms with Crippen molar-refractivity contribution in [3.05, 3.63) is 27.2 Å². The van der Waals surface area contributed by atoms with Crippen molar-refractivity contribution in [3.8, 4) is 11.5 Å². The fourth-order valence-electron chi connectivity index (χ4n) is 2.06. The number of nitrogens with zero attached hydrogens (tertiary/aromatic N) is 2. The highest BCUT2D eigenvalue weighted by molar-refractivity contribution is 9.10. The first-order valence-corrected chi connectivity index (χ1v) is 8.37. The molecule has 3 rings (SSSR count). The highest BCUT2D eigenvalue weighted by Crippen LogP contribution is 2.40. The average Bonchev–Trinajstić information content (AvgIpc) is 3.04. The maximum Gasteiger partial charge on any atom is 0.231 e. The molecule has 1 aliphatic rings. The minimum Gasteiger partial charge on any atom is -0.454 e. The van der Waals surface area contributed by atoms with Gasteiger partial charge in [-0.15, -0.1) is 10.2 Å². The number of nitrogens with one attached hydrogen (secondary N) is 1. The number of anilines is 1. The molecule has 0 aliphatic carbocycles. The van der Waals surface area contributed by atoms with Gasteiger partial charge in [-0.25, -0.2) is 0 Å². The SMILES string of the molecule is CC(C)Cc1nnc(NCc2cc(Br)c3c(c2)OCO3)s1. The maximum atomic E-state index is 5.41. The average molecular weight is 370 g/mol. The monoisotopic (exact) mass is 369 g/mol. The number of ether oxygens (including phenoxy) is 2. The fourth-order valence-corrected chi connectivity index (χ4v) is 3.61. The summed E-state index contributed by atoms with van der Waals surface area (Å²) in [6.07, 6.45) is 0.967. The van der Waals surface area contributed by atoms with Gasteiger partial charge in [0.15, 0.2) is 11.5 Å². The van der Waals surface area contributed by atoms with Gasteiger partial charge in [-0.05, 0) is 39.5 Å². The molecule has 21 heavy (non-hydrogen) atoms. The van der Waals surface area contributed by atoms with Crippen LogP contribution in [0.2, 0.25) is 0 Å². The van der Waals surface area contributed by atoms with Crippen LogP contribution in [0.25, 0.3) is 0 Å².